The molecule has 4 aliphatic carbocycles. The first-order valence-corrected chi connectivity index (χ1v) is 48.5. The van der Waals surface area contributed by atoms with Crippen LogP contribution in [0.2, 0.25) is 0 Å². The second-order valence-electron chi connectivity index (χ2n) is 41.0. The maximum atomic E-state index is 2.49. The molecule has 0 amide bonds. The molecule has 0 fully saturated rings. The second-order valence-corrected chi connectivity index (χ2v) is 41.0. The van der Waals surface area contributed by atoms with Gasteiger partial charge in [-0.2, -0.15) is 0 Å². The highest BCUT2D eigenvalue weighted by molar-refractivity contribution is 6.22. The van der Waals surface area contributed by atoms with Crippen molar-refractivity contribution in [1.82, 2.24) is 13.7 Å². The molecular formula is C134H95N3. The summed E-state index contributed by atoms with van der Waals surface area (Å²) in [5.41, 5.74) is 50.8. The van der Waals surface area contributed by atoms with Gasteiger partial charge >= 0.3 is 0 Å². The van der Waals surface area contributed by atoms with Gasteiger partial charge in [0.2, 0.25) is 0 Å². The quantitative estimate of drug-likeness (QED) is 0.115. The molecule has 0 bridgehead atoms. The van der Waals surface area contributed by atoms with Crippen molar-refractivity contribution in [2.24, 2.45) is 0 Å². The minimum atomic E-state index is -0.0785. The van der Waals surface area contributed by atoms with Crippen LogP contribution in [0.25, 0.3) is 238 Å². The van der Waals surface area contributed by atoms with E-state index in [1.807, 2.05) is 0 Å². The molecule has 0 aliphatic heterocycles. The van der Waals surface area contributed by atoms with Crippen LogP contribution in [0.15, 0.2) is 431 Å². The Morgan fingerprint density at radius 3 is 0.569 bits per heavy atom. The summed E-state index contributed by atoms with van der Waals surface area (Å²) in [6.45, 7) is 18.9. The third-order valence-corrected chi connectivity index (χ3v) is 32.3. The zero-order chi connectivity index (χ0) is 91.4. The van der Waals surface area contributed by atoms with Gasteiger partial charge in [-0.25, -0.2) is 0 Å². The topological polar surface area (TPSA) is 14.8 Å². The molecule has 21 aromatic carbocycles. The smallest absolute Gasteiger partial charge is 0.0541 e. The number of aromatic nitrogens is 3. The summed E-state index contributed by atoms with van der Waals surface area (Å²) in [6.07, 6.45) is 0. The van der Waals surface area contributed by atoms with Crippen LogP contribution in [0.3, 0.4) is 0 Å². The molecule has 24 aromatic rings. The van der Waals surface area contributed by atoms with Crippen LogP contribution in [0.1, 0.15) is 99.9 Å². The van der Waals surface area contributed by atoms with Crippen LogP contribution in [-0.2, 0) is 21.7 Å². The number of rotatable bonds is 11. The fourth-order valence-electron chi connectivity index (χ4n) is 25.3. The van der Waals surface area contributed by atoms with Gasteiger partial charge in [0, 0.05) is 71.0 Å². The molecule has 0 radical (unpaired) electrons. The van der Waals surface area contributed by atoms with Gasteiger partial charge in [-0.1, -0.05) is 353 Å². The summed E-state index contributed by atoms with van der Waals surface area (Å²) in [6, 6.07) is 165. The zero-order valence-corrected chi connectivity index (χ0v) is 77.8. The fourth-order valence-corrected chi connectivity index (χ4v) is 25.3. The van der Waals surface area contributed by atoms with Gasteiger partial charge in [0.05, 0.1) is 33.1 Å². The van der Waals surface area contributed by atoms with Gasteiger partial charge < -0.3 is 13.7 Å². The Kier molecular flexibility index (Phi) is 16.8. The highest BCUT2D eigenvalue weighted by atomic mass is 15.0. The number of hydrogen-bond donors (Lipinski definition) is 0. The normalized spacial score (nSPS) is 14.2. The molecule has 0 atom stereocenters. The molecule has 0 saturated carbocycles. The van der Waals surface area contributed by atoms with Crippen molar-refractivity contribution in [3.8, 4) is 151 Å². The van der Waals surface area contributed by atoms with E-state index in [4.69, 9.17) is 0 Å². The molecule has 4 aliphatic rings. The van der Waals surface area contributed by atoms with E-state index in [2.05, 4.69) is 500 Å². The van der Waals surface area contributed by atoms with Crippen molar-refractivity contribution in [3.63, 3.8) is 0 Å². The van der Waals surface area contributed by atoms with Gasteiger partial charge in [0.25, 0.3) is 0 Å². The van der Waals surface area contributed by atoms with E-state index >= 15 is 0 Å². The molecule has 0 unspecified atom stereocenters. The Labute approximate surface area is 797 Å². The maximum absolute atomic E-state index is 2.49. The van der Waals surface area contributed by atoms with E-state index in [9.17, 15) is 0 Å². The van der Waals surface area contributed by atoms with E-state index in [-0.39, 0.29) is 21.7 Å². The Morgan fingerprint density at radius 2 is 0.314 bits per heavy atom. The molecule has 137 heavy (non-hydrogen) atoms. The Hall–Kier alpha value is -16.5. The monoisotopic (exact) mass is 1750 g/mol. The average molecular weight is 1750 g/mol. The minimum Gasteiger partial charge on any atom is -0.309 e. The molecule has 3 heteroatoms. The third-order valence-electron chi connectivity index (χ3n) is 32.3. The van der Waals surface area contributed by atoms with Gasteiger partial charge in [0.15, 0.2) is 0 Å². The maximum Gasteiger partial charge on any atom is 0.0541 e. The van der Waals surface area contributed by atoms with Crippen molar-refractivity contribution < 1.29 is 0 Å². The van der Waals surface area contributed by atoms with Crippen molar-refractivity contribution in [2.45, 2.75) is 77.0 Å². The molecule has 646 valence electrons. The Balaban J connectivity index is 0.575. The minimum absolute atomic E-state index is 0.0785. The summed E-state index contributed by atoms with van der Waals surface area (Å²) in [5.74, 6) is 0. The lowest BCUT2D eigenvalue weighted by atomic mass is 9.82. The summed E-state index contributed by atoms with van der Waals surface area (Å²) in [7, 11) is 0. The Bertz CT molecular complexity index is 8530. The SMILES string of the molecule is CC1(C)c2ccccc2-c2cc(-c3ccc4c(c3)c3cc(-c5ccc6c(c5)-c5ccccc5C6(C)C)ccc3n4-c3ccc(-c4ccc5c(c4)c4cc(-c6ccc(-n7c8ccc(-c9ccc%10c(c9)-c9ccccc9C%10(C)C)cc8c8cc(-c9ccc%10c(c9)-c9ccccc9C%10(C)C)ccc87)cc6)ccc4n5-c4ccc(-c5c6ccccc6c(-c6ccccc6)c6ccccc56)cc4)cc3)ccc21. The van der Waals surface area contributed by atoms with E-state index in [0.29, 0.717) is 0 Å². The lowest BCUT2D eigenvalue weighted by molar-refractivity contribution is 0.660. The average Bonchev–Trinajstić information content (AvgIpc) is 1.09. The van der Waals surface area contributed by atoms with Crippen LogP contribution in [0, 0.1) is 0 Å². The van der Waals surface area contributed by atoms with E-state index in [1.165, 1.54) is 232 Å². The molecule has 3 aromatic heterocycles. The predicted molar refractivity (Wildman–Crippen MR) is 578 cm³/mol. The first-order valence-electron chi connectivity index (χ1n) is 48.5. The third kappa shape index (κ3) is 11.6. The van der Waals surface area contributed by atoms with Gasteiger partial charge in [-0.3, -0.25) is 0 Å². The van der Waals surface area contributed by atoms with Gasteiger partial charge in [-0.05, 0) is 333 Å². The van der Waals surface area contributed by atoms with E-state index in [1.54, 1.807) is 0 Å². The zero-order valence-electron chi connectivity index (χ0n) is 77.8. The molecule has 3 heterocycles. The van der Waals surface area contributed by atoms with Crippen molar-refractivity contribution in [2.75, 3.05) is 0 Å². The first kappa shape index (κ1) is 79.1. The van der Waals surface area contributed by atoms with Crippen LogP contribution in [0.5, 0.6) is 0 Å². The van der Waals surface area contributed by atoms with Crippen LogP contribution >= 0.6 is 0 Å². The molecule has 0 spiro atoms. The second kappa shape index (κ2) is 29.0. The lowest BCUT2D eigenvalue weighted by Gasteiger charge is -2.21. The molecular weight excluding hydrogens is 1650 g/mol. The largest absolute Gasteiger partial charge is 0.309 e. The fraction of sp³-hybridized carbons (Fsp3) is 0.0896. The number of hydrogen-bond acceptors (Lipinski definition) is 0. The van der Waals surface area contributed by atoms with Crippen molar-refractivity contribution in [1.29, 1.82) is 0 Å². The predicted octanol–water partition coefficient (Wildman–Crippen LogP) is 35.8. The Morgan fingerprint density at radius 1 is 0.131 bits per heavy atom. The number of nitrogens with zero attached hydrogens (tertiary/aromatic N) is 3. The lowest BCUT2D eigenvalue weighted by Crippen LogP contribution is -2.14. The first-order chi connectivity index (χ1) is 66.9. The van der Waals surface area contributed by atoms with Gasteiger partial charge in [-0.15, -0.1) is 0 Å². The summed E-state index contributed by atoms with van der Waals surface area (Å²) < 4.78 is 7.47. The standard InChI is InChI=1S/C134H95N3/c1-131(2)115-34-20-16-26-97(115)105-70-86(44-60-119(105)131)90-50-66-125-111(76-90)112-77-91(87-45-61-120-106(71-87)98-27-17-21-35-116(98)132(120,3)4)51-67-126(112)135(125)94-54-38-80(39-55-94)84-48-64-123-109(74-84)110-75-85(49-65-124(110)137(123)96-58-42-83(43-59-96)130-103-32-14-12-30-101(103)129(82-24-10-9-11-25-82)102-31-13-15-33-104(102)130)81-40-56-95(57-41-81)136-127-68-52-92(88-46-62-121-107(72-88)99-28-18-22-36-117(99)133(121,5)6)78-113(127)114-79-93(53-69-128(114)136)89-47-63-122-108(73-89)100-29-19-23-37-118(100)134(122,7)8/h9-79H,1-8H3. The highest BCUT2D eigenvalue weighted by Crippen LogP contribution is 2.57. The molecule has 0 N–H and O–H groups in total. The van der Waals surface area contributed by atoms with Crippen molar-refractivity contribution in [3.05, 3.63) is 475 Å². The number of benzene rings is 21. The molecule has 28 rings (SSSR count). The number of fused-ring (bicyclic) bond motifs is 23. The van der Waals surface area contributed by atoms with Gasteiger partial charge in [0.1, 0.15) is 0 Å². The summed E-state index contributed by atoms with van der Waals surface area (Å²) in [5, 5.41) is 12.2. The summed E-state index contributed by atoms with van der Waals surface area (Å²) >= 11 is 0. The highest BCUT2D eigenvalue weighted by Gasteiger charge is 2.40. The van der Waals surface area contributed by atoms with Crippen LogP contribution < -0.4 is 0 Å². The van der Waals surface area contributed by atoms with Crippen LogP contribution in [-0.4, -0.2) is 13.7 Å². The molecule has 3 nitrogen and oxygen atoms in total. The molecule has 0 saturated heterocycles. The van der Waals surface area contributed by atoms with E-state index < -0.39 is 0 Å². The summed E-state index contributed by atoms with van der Waals surface area (Å²) in [4.78, 5) is 0. The van der Waals surface area contributed by atoms with E-state index in [0.717, 1.165) is 50.3 Å². The van der Waals surface area contributed by atoms with Crippen LogP contribution in [0.4, 0.5) is 0 Å². The van der Waals surface area contributed by atoms with Crippen molar-refractivity contribution >= 4 is 87.0 Å².